The van der Waals surface area contributed by atoms with Gasteiger partial charge in [0.15, 0.2) is 0 Å². The summed E-state index contributed by atoms with van der Waals surface area (Å²) < 4.78 is 5.14. The molecule has 0 bridgehead atoms. The Bertz CT molecular complexity index is 495. The topological polar surface area (TPSA) is 61.0 Å². The fourth-order valence-electron chi connectivity index (χ4n) is 1.37. The average Bonchev–Trinajstić information content (AvgIpc) is 2.58. The highest BCUT2D eigenvalue weighted by Gasteiger charge is 2.21. The number of thioether (sulfide) groups is 1. The van der Waals surface area contributed by atoms with E-state index in [1.54, 1.807) is 23.1 Å². The highest BCUT2D eigenvalue weighted by molar-refractivity contribution is 8.00. The number of rotatable bonds is 2. The van der Waals surface area contributed by atoms with E-state index in [0.29, 0.717) is 11.2 Å². The largest absolute Gasteiger partial charge is 0.379 e. The smallest absolute Gasteiger partial charge is 0.222 e. The number of fused-ring (bicyclic) bond motifs is 1. The summed E-state index contributed by atoms with van der Waals surface area (Å²) in [5.74, 6) is 0.354. The van der Waals surface area contributed by atoms with Crippen LogP contribution in [-0.2, 0) is 4.74 Å². The number of nitrogens with two attached hydrogens (primary N) is 1. The zero-order chi connectivity index (χ0) is 10.3. The van der Waals surface area contributed by atoms with Gasteiger partial charge in [0, 0.05) is 5.39 Å². The molecule has 4 nitrogen and oxygen atoms in total. The fourth-order valence-corrected chi connectivity index (χ4v) is 3.29. The number of hydrogen-bond acceptors (Lipinski definition) is 6. The van der Waals surface area contributed by atoms with Crippen molar-refractivity contribution in [2.45, 2.75) is 10.3 Å². The van der Waals surface area contributed by atoms with Crippen molar-refractivity contribution in [3.63, 3.8) is 0 Å². The van der Waals surface area contributed by atoms with Gasteiger partial charge in [0.1, 0.15) is 9.86 Å². The molecule has 2 N–H and O–H groups in total. The third-order valence-electron chi connectivity index (χ3n) is 2.19. The molecule has 3 rings (SSSR count). The van der Waals surface area contributed by atoms with Crippen LogP contribution in [0, 0.1) is 0 Å². The summed E-state index contributed by atoms with van der Waals surface area (Å²) in [6.07, 6.45) is 0. The van der Waals surface area contributed by atoms with E-state index in [-0.39, 0.29) is 0 Å². The molecule has 0 amide bonds. The van der Waals surface area contributed by atoms with Crippen molar-refractivity contribution in [3.05, 3.63) is 11.4 Å². The first kappa shape index (κ1) is 9.38. The van der Waals surface area contributed by atoms with Gasteiger partial charge in [-0.15, -0.1) is 11.3 Å². The SMILES string of the molecule is Nc1nc(SC2COC2)c2ccsc2n1. The number of nitrogens with zero attached hydrogens (tertiary/aromatic N) is 2. The number of hydrogen-bond donors (Lipinski definition) is 1. The minimum atomic E-state index is 0.354. The van der Waals surface area contributed by atoms with Crippen LogP contribution < -0.4 is 5.73 Å². The lowest BCUT2D eigenvalue weighted by Crippen LogP contribution is -2.30. The van der Waals surface area contributed by atoms with Crippen molar-refractivity contribution >= 4 is 39.3 Å². The summed E-state index contributed by atoms with van der Waals surface area (Å²) in [4.78, 5) is 9.43. The molecule has 15 heavy (non-hydrogen) atoms. The number of ether oxygens (including phenoxy) is 1. The standard InChI is InChI=1S/C9H9N3OS2/c10-9-11-7-6(1-2-14-7)8(12-9)15-5-3-13-4-5/h1-2,5H,3-4H2,(H2,10,11,12). The Morgan fingerprint density at radius 3 is 3.07 bits per heavy atom. The molecule has 0 saturated carbocycles. The van der Waals surface area contributed by atoms with E-state index >= 15 is 0 Å². The average molecular weight is 239 g/mol. The van der Waals surface area contributed by atoms with Gasteiger partial charge in [0.05, 0.1) is 18.5 Å². The normalized spacial score (nSPS) is 16.8. The second-order valence-electron chi connectivity index (χ2n) is 3.30. The van der Waals surface area contributed by atoms with Crippen LogP contribution in [0.1, 0.15) is 0 Å². The van der Waals surface area contributed by atoms with Crippen LogP contribution in [0.4, 0.5) is 5.95 Å². The first-order chi connectivity index (χ1) is 7.33. The van der Waals surface area contributed by atoms with Crippen LogP contribution in [0.2, 0.25) is 0 Å². The highest BCUT2D eigenvalue weighted by Crippen LogP contribution is 2.33. The van der Waals surface area contributed by atoms with Crippen molar-refractivity contribution in [1.82, 2.24) is 9.97 Å². The lowest BCUT2D eigenvalue weighted by Gasteiger charge is -2.24. The molecule has 0 radical (unpaired) electrons. The molecule has 78 valence electrons. The molecule has 6 heteroatoms. The van der Waals surface area contributed by atoms with E-state index in [1.165, 1.54) is 0 Å². The van der Waals surface area contributed by atoms with Crippen molar-refractivity contribution in [1.29, 1.82) is 0 Å². The second kappa shape index (κ2) is 3.62. The third-order valence-corrected chi connectivity index (χ3v) is 4.14. The van der Waals surface area contributed by atoms with E-state index < -0.39 is 0 Å². The summed E-state index contributed by atoms with van der Waals surface area (Å²) in [7, 11) is 0. The number of aromatic nitrogens is 2. The zero-order valence-corrected chi connectivity index (χ0v) is 9.48. The minimum Gasteiger partial charge on any atom is -0.379 e. The lowest BCUT2D eigenvalue weighted by molar-refractivity contribution is 0.0455. The molecule has 2 aromatic rings. The first-order valence-corrected chi connectivity index (χ1v) is 6.34. The Balaban J connectivity index is 2.02. The van der Waals surface area contributed by atoms with Crippen LogP contribution >= 0.6 is 23.1 Å². The van der Waals surface area contributed by atoms with Crippen LogP contribution in [-0.4, -0.2) is 28.4 Å². The molecule has 1 fully saturated rings. The second-order valence-corrected chi connectivity index (χ2v) is 5.49. The molecule has 3 heterocycles. The molecule has 1 aliphatic rings. The number of nitrogen functional groups attached to an aromatic ring is 1. The third kappa shape index (κ3) is 1.68. The van der Waals surface area contributed by atoms with Gasteiger partial charge in [-0.3, -0.25) is 0 Å². The predicted molar refractivity (Wildman–Crippen MR) is 62.3 cm³/mol. The molecule has 0 unspecified atom stereocenters. The maximum atomic E-state index is 5.66. The van der Waals surface area contributed by atoms with Gasteiger partial charge in [-0.1, -0.05) is 11.8 Å². The highest BCUT2D eigenvalue weighted by atomic mass is 32.2. The Labute approximate surface area is 94.9 Å². The summed E-state index contributed by atoms with van der Waals surface area (Å²) in [6, 6.07) is 2.04. The zero-order valence-electron chi connectivity index (χ0n) is 7.84. The van der Waals surface area contributed by atoms with Crippen molar-refractivity contribution in [2.75, 3.05) is 18.9 Å². The van der Waals surface area contributed by atoms with Crippen LogP contribution in [0.5, 0.6) is 0 Å². The number of thiophene rings is 1. The van der Waals surface area contributed by atoms with Gasteiger partial charge < -0.3 is 10.5 Å². The number of anilines is 1. The summed E-state index contributed by atoms with van der Waals surface area (Å²) in [5.41, 5.74) is 5.66. The molecular weight excluding hydrogens is 230 g/mol. The Hall–Kier alpha value is -0.850. The quantitative estimate of drug-likeness (QED) is 0.809. The van der Waals surface area contributed by atoms with Crippen LogP contribution in [0.25, 0.3) is 10.2 Å². The van der Waals surface area contributed by atoms with Crippen LogP contribution in [0.15, 0.2) is 16.5 Å². The monoisotopic (exact) mass is 239 g/mol. The first-order valence-electron chi connectivity index (χ1n) is 4.58. The molecular formula is C9H9N3OS2. The van der Waals surface area contributed by atoms with Gasteiger partial charge in [0.2, 0.25) is 5.95 Å². The molecule has 2 aromatic heterocycles. The van der Waals surface area contributed by atoms with Crippen molar-refractivity contribution in [3.8, 4) is 0 Å². The fraction of sp³-hybridized carbons (Fsp3) is 0.333. The van der Waals surface area contributed by atoms with E-state index in [2.05, 4.69) is 9.97 Å². The van der Waals surface area contributed by atoms with Crippen molar-refractivity contribution < 1.29 is 4.74 Å². The van der Waals surface area contributed by atoms with Gasteiger partial charge in [-0.2, -0.15) is 0 Å². The van der Waals surface area contributed by atoms with Gasteiger partial charge >= 0.3 is 0 Å². The Morgan fingerprint density at radius 1 is 1.47 bits per heavy atom. The lowest BCUT2D eigenvalue weighted by atomic mass is 10.4. The van der Waals surface area contributed by atoms with E-state index in [9.17, 15) is 0 Å². The predicted octanol–water partition coefficient (Wildman–Crippen LogP) is 1.76. The molecule has 1 saturated heterocycles. The van der Waals surface area contributed by atoms with Gasteiger partial charge in [0.25, 0.3) is 0 Å². The van der Waals surface area contributed by atoms with Gasteiger partial charge in [-0.05, 0) is 11.4 Å². The molecule has 0 spiro atoms. The molecule has 1 aliphatic heterocycles. The Kier molecular flexibility index (Phi) is 2.27. The molecule has 0 aliphatic carbocycles. The van der Waals surface area contributed by atoms with Crippen molar-refractivity contribution in [2.24, 2.45) is 0 Å². The van der Waals surface area contributed by atoms with E-state index in [0.717, 1.165) is 28.5 Å². The summed E-state index contributed by atoms with van der Waals surface area (Å²) >= 11 is 3.32. The van der Waals surface area contributed by atoms with E-state index in [1.807, 2.05) is 11.4 Å². The minimum absolute atomic E-state index is 0.354. The molecule has 0 atom stereocenters. The molecule has 0 aromatic carbocycles. The summed E-state index contributed by atoms with van der Waals surface area (Å²) in [6.45, 7) is 1.61. The maximum absolute atomic E-state index is 5.66. The maximum Gasteiger partial charge on any atom is 0.222 e. The van der Waals surface area contributed by atoms with Gasteiger partial charge in [-0.25, -0.2) is 9.97 Å². The Morgan fingerprint density at radius 2 is 2.33 bits per heavy atom. The van der Waals surface area contributed by atoms with E-state index in [4.69, 9.17) is 10.5 Å². The summed E-state index contributed by atoms with van der Waals surface area (Å²) in [5, 5.41) is 4.61. The van der Waals surface area contributed by atoms with Crippen LogP contribution in [0.3, 0.4) is 0 Å².